The lowest BCUT2D eigenvalue weighted by atomic mass is 10.0. The summed E-state index contributed by atoms with van der Waals surface area (Å²) < 4.78 is 0. The number of unbranched alkanes of at least 4 members (excludes halogenated alkanes) is 36. The highest BCUT2D eigenvalue weighted by molar-refractivity contribution is 7.39. The lowest BCUT2D eigenvalue weighted by molar-refractivity contribution is 0.517. The molecule has 52 heavy (non-hydrogen) atoms. The Morgan fingerprint density at radius 3 is 0.558 bits per heavy atom. The van der Waals surface area contributed by atoms with Crippen LogP contribution in [0, 0.1) is 0 Å². The van der Waals surface area contributed by atoms with E-state index in [4.69, 9.17) is 0 Å². The summed E-state index contributed by atoms with van der Waals surface area (Å²) in [5.74, 6) is 0. The molecule has 0 aromatic rings. The van der Waals surface area contributed by atoms with Gasteiger partial charge in [-0.3, -0.25) is 0 Å². The van der Waals surface area contributed by atoms with E-state index in [2.05, 4.69) is 27.7 Å². The number of hydrogen-bond donors (Lipinski definition) is 0. The molecule has 0 nitrogen and oxygen atoms in total. The first kappa shape index (κ1) is 54.8. The zero-order valence-electron chi connectivity index (χ0n) is 37.2. The normalized spacial score (nSPS) is 12.9. The molecule has 0 aliphatic heterocycles. The molecule has 0 saturated carbocycles. The van der Waals surface area contributed by atoms with Crippen molar-refractivity contribution in [3.63, 3.8) is 0 Å². The Kier molecular flexibility index (Phi) is 52.4. The van der Waals surface area contributed by atoms with E-state index in [9.17, 15) is 0 Å². The van der Waals surface area contributed by atoms with Crippen LogP contribution >= 0.6 is 21.0 Å². The molecular formula is C50H104ClP. The summed E-state index contributed by atoms with van der Waals surface area (Å²) in [5.41, 5.74) is 2.08. The minimum Gasteiger partial charge on any atom is -0.147 e. The van der Waals surface area contributed by atoms with Crippen molar-refractivity contribution in [1.29, 1.82) is 0 Å². The lowest BCUT2D eigenvalue weighted by Gasteiger charge is -2.24. The van der Waals surface area contributed by atoms with Gasteiger partial charge in [-0.05, 0) is 37.0 Å². The predicted octanol–water partition coefficient (Wildman–Crippen LogP) is 20.1. The average molecular weight is 772 g/mol. The molecule has 0 amide bonds. The Morgan fingerprint density at radius 1 is 0.212 bits per heavy atom. The Labute approximate surface area is 341 Å². The third-order valence-electron chi connectivity index (χ3n) is 12.1. The molecule has 0 fully saturated rings. The predicted molar refractivity (Wildman–Crippen MR) is 249 cm³/mol. The Bertz CT molecular complexity index is 543. The maximum Gasteiger partial charge on any atom is -0.0234 e. The number of halogens is 1. The van der Waals surface area contributed by atoms with Gasteiger partial charge in [0.05, 0.1) is 0 Å². The maximum atomic E-state index is 2.43. The molecule has 0 aromatic carbocycles. The quantitative estimate of drug-likeness (QED) is 0.0427. The van der Waals surface area contributed by atoms with Crippen LogP contribution in [-0.2, 0) is 0 Å². The van der Waals surface area contributed by atoms with E-state index in [1.807, 2.05) is 0 Å². The van der Waals surface area contributed by atoms with Gasteiger partial charge in [-0.25, -0.2) is 0 Å². The molecule has 0 aliphatic carbocycles. The van der Waals surface area contributed by atoms with Crippen LogP contribution in [0.25, 0.3) is 0 Å². The Morgan fingerprint density at radius 2 is 0.385 bits per heavy atom. The van der Waals surface area contributed by atoms with Gasteiger partial charge in [0.15, 0.2) is 0 Å². The summed E-state index contributed by atoms with van der Waals surface area (Å²) in [6.07, 6.45) is 65.2. The van der Waals surface area contributed by atoms with Gasteiger partial charge in [0.2, 0.25) is 0 Å². The molecule has 0 radical (unpaired) electrons. The summed E-state index contributed by atoms with van der Waals surface area (Å²) in [6.45, 7) is 9.49. The second kappa shape index (κ2) is 49.7. The monoisotopic (exact) mass is 771 g/mol. The topological polar surface area (TPSA) is 0 Å². The molecule has 0 rings (SSSR count). The molecule has 0 heterocycles. The van der Waals surface area contributed by atoms with Crippen molar-refractivity contribution in [1.82, 2.24) is 0 Å². The summed E-state index contributed by atoms with van der Waals surface area (Å²) in [7, 11) is 1.25. The largest absolute Gasteiger partial charge is 0.147 e. The first-order valence-electron chi connectivity index (χ1n) is 25.0. The van der Waals surface area contributed by atoms with Crippen molar-refractivity contribution in [2.45, 2.75) is 322 Å². The zero-order valence-corrected chi connectivity index (χ0v) is 39.0. The molecule has 0 bridgehead atoms. The van der Waals surface area contributed by atoms with Gasteiger partial charge < -0.3 is 0 Å². The highest BCUT2D eigenvalue weighted by Crippen LogP contribution is 2.37. The third-order valence-corrected chi connectivity index (χ3v) is 14.2. The van der Waals surface area contributed by atoms with E-state index in [0.29, 0.717) is 0 Å². The van der Waals surface area contributed by atoms with Gasteiger partial charge in [-0.2, -0.15) is 0 Å². The molecule has 2 atom stereocenters. The van der Waals surface area contributed by atoms with Crippen LogP contribution in [-0.4, -0.2) is 11.3 Å². The standard InChI is InChI=1S/C50H103P.ClH/c1-5-9-11-13-15-17-19-21-23-25-27-29-31-33-35-37-39-41-43-47-49(45-7-3)51-50(46-8-4)48-44-42-40-38-36-34-32-30-28-26-24-22-20-18-16-14-12-10-6-2;/h49-51H,5-48H2,1-4H3;1H. The summed E-state index contributed by atoms with van der Waals surface area (Å²) in [6, 6.07) is 0. The van der Waals surface area contributed by atoms with Crippen LogP contribution in [0.5, 0.6) is 0 Å². The summed E-state index contributed by atoms with van der Waals surface area (Å²) in [4.78, 5) is 0. The van der Waals surface area contributed by atoms with E-state index < -0.39 is 0 Å². The van der Waals surface area contributed by atoms with Gasteiger partial charge >= 0.3 is 0 Å². The van der Waals surface area contributed by atoms with E-state index in [0.717, 1.165) is 11.3 Å². The summed E-state index contributed by atoms with van der Waals surface area (Å²) in [5, 5.41) is 0. The van der Waals surface area contributed by atoms with Crippen molar-refractivity contribution < 1.29 is 0 Å². The molecule has 0 N–H and O–H groups in total. The summed E-state index contributed by atoms with van der Waals surface area (Å²) >= 11 is 0. The molecule has 0 spiro atoms. The van der Waals surface area contributed by atoms with Crippen LogP contribution < -0.4 is 0 Å². The first-order chi connectivity index (χ1) is 25.3. The Hall–Kier alpha value is 0.720. The van der Waals surface area contributed by atoms with Crippen LogP contribution in [0.2, 0.25) is 0 Å². The number of hydrogen-bond acceptors (Lipinski definition) is 0. The van der Waals surface area contributed by atoms with Gasteiger partial charge in [0.25, 0.3) is 0 Å². The smallest absolute Gasteiger partial charge is 0.0234 e. The van der Waals surface area contributed by atoms with Crippen molar-refractivity contribution >= 4 is 21.0 Å². The second-order valence-corrected chi connectivity index (χ2v) is 19.4. The molecule has 0 saturated heterocycles. The minimum atomic E-state index is 0. The van der Waals surface area contributed by atoms with E-state index >= 15 is 0 Å². The molecule has 0 aliphatic rings. The van der Waals surface area contributed by atoms with Crippen LogP contribution in [0.3, 0.4) is 0 Å². The fourth-order valence-electron chi connectivity index (χ4n) is 8.59. The molecule has 2 unspecified atom stereocenters. The van der Waals surface area contributed by atoms with Gasteiger partial charge in [-0.1, -0.05) is 285 Å². The Balaban J connectivity index is 0. The van der Waals surface area contributed by atoms with Crippen LogP contribution in [0.4, 0.5) is 0 Å². The van der Waals surface area contributed by atoms with Crippen LogP contribution in [0.1, 0.15) is 310 Å². The van der Waals surface area contributed by atoms with E-state index in [-0.39, 0.29) is 12.4 Å². The molecule has 0 aromatic heterocycles. The average Bonchev–Trinajstić information content (AvgIpc) is 3.13. The van der Waals surface area contributed by atoms with Crippen LogP contribution in [0.15, 0.2) is 0 Å². The third kappa shape index (κ3) is 45.1. The highest BCUT2D eigenvalue weighted by atomic mass is 35.5. The zero-order chi connectivity index (χ0) is 37.0. The second-order valence-electron chi connectivity index (χ2n) is 17.4. The molecular weight excluding hydrogens is 667 g/mol. The number of rotatable bonds is 46. The van der Waals surface area contributed by atoms with Gasteiger partial charge in [-0.15, -0.1) is 21.0 Å². The minimum absolute atomic E-state index is 0. The molecule has 2 heteroatoms. The van der Waals surface area contributed by atoms with Crippen molar-refractivity contribution in [2.75, 3.05) is 0 Å². The molecule has 316 valence electrons. The SMILES string of the molecule is CCCCCCCCCCCCCCCCCCCCCC(CCC)PC(CCC)CCCCCCCCCCCCCCCCCCCCC.Cl. The fraction of sp³-hybridized carbons (Fsp3) is 1.00. The first-order valence-corrected chi connectivity index (χ1v) is 26.2. The fourth-order valence-corrected chi connectivity index (χ4v) is 10.9. The van der Waals surface area contributed by atoms with E-state index in [1.165, 1.54) is 291 Å². The van der Waals surface area contributed by atoms with Crippen molar-refractivity contribution in [3.8, 4) is 0 Å². The maximum absolute atomic E-state index is 2.43. The van der Waals surface area contributed by atoms with Gasteiger partial charge in [0.1, 0.15) is 0 Å². The van der Waals surface area contributed by atoms with Crippen molar-refractivity contribution in [2.24, 2.45) is 0 Å². The lowest BCUT2D eigenvalue weighted by Crippen LogP contribution is -2.09. The van der Waals surface area contributed by atoms with E-state index in [1.54, 1.807) is 0 Å². The van der Waals surface area contributed by atoms with Gasteiger partial charge in [0, 0.05) is 0 Å². The highest BCUT2D eigenvalue weighted by Gasteiger charge is 2.15. The van der Waals surface area contributed by atoms with Crippen molar-refractivity contribution in [3.05, 3.63) is 0 Å².